The first-order chi connectivity index (χ1) is 13.2. The number of nitriles is 1. The second-order valence-corrected chi connectivity index (χ2v) is 8.02. The fourth-order valence-electron chi connectivity index (χ4n) is 3.23. The summed E-state index contributed by atoms with van der Waals surface area (Å²) in [6.07, 6.45) is 0.509. The van der Waals surface area contributed by atoms with Crippen molar-refractivity contribution < 1.29 is 4.79 Å². The lowest BCUT2D eigenvalue weighted by Gasteiger charge is -2.38. The van der Waals surface area contributed by atoms with Crippen molar-refractivity contribution in [3.05, 3.63) is 65.7 Å². The SMILES string of the molecule is Cc1ccc(SCCC(=O)N2CCN(Cc3ccccc3)C(C#N)C2)cc1. The number of piperazine rings is 1. The van der Waals surface area contributed by atoms with Gasteiger partial charge in [0.2, 0.25) is 5.91 Å². The number of aryl methyl sites for hydroxylation is 1. The second kappa shape index (κ2) is 9.59. The zero-order chi connectivity index (χ0) is 19.1. The van der Waals surface area contributed by atoms with Gasteiger partial charge in [-0.25, -0.2) is 0 Å². The standard InChI is InChI=1S/C22H25N3OS/c1-18-7-9-21(10-8-18)27-14-11-22(26)25-13-12-24(20(15-23)17-25)16-19-5-3-2-4-6-19/h2-10,20H,11-14,16-17H2,1H3. The van der Waals surface area contributed by atoms with Crippen LogP contribution in [0.25, 0.3) is 0 Å². The lowest BCUT2D eigenvalue weighted by atomic mass is 10.1. The number of carbonyl (C=O) groups is 1. The molecule has 1 atom stereocenters. The highest BCUT2D eigenvalue weighted by molar-refractivity contribution is 7.99. The number of amides is 1. The molecule has 1 amide bonds. The molecule has 1 saturated heterocycles. The van der Waals surface area contributed by atoms with Gasteiger partial charge in [0.05, 0.1) is 6.07 Å². The molecule has 4 nitrogen and oxygen atoms in total. The molecule has 0 saturated carbocycles. The van der Waals surface area contributed by atoms with Gasteiger partial charge < -0.3 is 4.90 Å². The Morgan fingerprint density at radius 1 is 1.15 bits per heavy atom. The van der Waals surface area contributed by atoms with E-state index in [4.69, 9.17) is 0 Å². The van der Waals surface area contributed by atoms with Crippen LogP contribution in [0.3, 0.4) is 0 Å². The molecular formula is C22H25N3OS. The van der Waals surface area contributed by atoms with E-state index in [1.54, 1.807) is 11.8 Å². The third-order valence-electron chi connectivity index (χ3n) is 4.83. The minimum atomic E-state index is -0.243. The lowest BCUT2D eigenvalue weighted by molar-refractivity contribution is -0.133. The number of benzene rings is 2. The van der Waals surface area contributed by atoms with E-state index < -0.39 is 0 Å². The quantitative estimate of drug-likeness (QED) is 0.718. The third-order valence-corrected chi connectivity index (χ3v) is 5.84. The van der Waals surface area contributed by atoms with Crippen LogP contribution in [0.2, 0.25) is 0 Å². The summed E-state index contributed by atoms with van der Waals surface area (Å²) in [5.74, 6) is 0.915. The molecule has 27 heavy (non-hydrogen) atoms. The third kappa shape index (κ3) is 5.59. The molecule has 0 aromatic heterocycles. The molecule has 1 heterocycles. The summed E-state index contributed by atoms with van der Waals surface area (Å²) >= 11 is 1.71. The van der Waals surface area contributed by atoms with Crippen molar-refractivity contribution >= 4 is 17.7 Å². The second-order valence-electron chi connectivity index (χ2n) is 6.85. The smallest absolute Gasteiger partial charge is 0.223 e. The van der Waals surface area contributed by atoms with Gasteiger partial charge in [-0.3, -0.25) is 9.69 Å². The van der Waals surface area contributed by atoms with E-state index in [1.165, 1.54) is 16.0 Å². The zero-order valence-electron chi connectivity index (χ0n) is 15.7. The van der Waals surface area contributed by atoms with Crippen molar-refractivity contribution in [2.45, 2.75) is 30.8 Å². The number of thioether (sulfide) groups is 1. The van der Waals surface area contributed by atoms with Gasteiger partial charge in [-0.15, -0.1) is 11.8 Å². The molecule has 3 rings (SSSR count). The van der Waals surface area contributed by atoms with Gasteiger partial charge in [0.1, 0.15) is 6.04 Å². The monoisotopic (exact) mass is 379 g/mol. The van der Waals surface area contributed by atoms with Gasteiger partial charge in [0, 0.05) is 43.2 Å². The highest BCUT2D eigenvalue weighted by Crippen LogP contribution is 2.20. The maximum atomic E-state index is 12.6. The summed E-state index contributed by atoms with van der Waals surface area (Å²) in [7, 11) is 0. The van der Waals surface area contributed by atoms with Gasteiger partial charge in [-0.05, 0) is 24.6 Å². The Balaban J connectivity index is 1.47. The molecule has 1 aliphatic heterocycles. The molecule has 2 aromatic rings. The largest absolute Gasteiger partial charge is 0.339 e. The summed E-state index contributed by atoms with van der Waals surface area (Å²) < 4.78 is 0. The molecular weight excluding hydrogens is 354 g/mol. The number of rotatable bonds is 6. The van der Waals surface area contributed by atoms with Crippen LogP contribution in [0.4, 0.5) is 0 Å². The van der Waals surface area contributed by atoms with E-state index in [0.29, 0.717) is 19.5 Å². The van der Waals surface area contributed by atoms with Crippen LogP contribution in [0.1, 0.15) is 17.5 Å². The van der Waals surface area contributed by atoms with E-state index in [9.17, 15) is 10.1 Å². The van der Waals surface area contributed by atoms with Gasteiger partial charge in [-0.1, -0.05) is 48.0 Å². The maximum absolute atomic E-state index is 12.6. The Hall–Kier alpha value is -2.29. The topological polar surface area (TPSA) is 47.3 Å². The first-order valence-corrected chi connectivity index (χ1v) is 10.3. The number of nitrogens with zero attached hydrogens (tertiary/aromatic N) is 3. The molecule has 0 radical (unpaired) electrons. The van der Waals surface area contributed by atoms with Gasteiger partial charge in [0.25, 0.3) is 0 Å². The zero-order valence-corrected chi connectivity index (χ0v) is 16.5. The van der Waals surface area contributed by atoms with E-state index in [0.717, 1.165) is 18.8 Å². The molecule has 2 aromatic carbocycles. The first kappa shape index (κ1) is 19.5. The fraction of sp³-hybridized carbons (Fsp3) is 0.364. The Bertz CT molecular complexity index is 785. The summed E-state index contributed by atoms with van der Waals surface area (Å²) in [5, 5.41) is 9.55. The van der Waals surface area contributed by atoms with Crippen molar-refractivity contribution in [2.24, 2.45) is 0 Å². The van der Waals surface area contributed by atoms with Crippen LogP contribution >= 0.6 is 11.8 Å². The molecule has 1 unspecified atom stereocenters. The average Bonchev–Trinajstić information content (AvgIpc) is 2.70. The molecule has 1 aliphatic rings. The minimum Gasteiger partial charge on any atom is -0.339 e. The Morgan fingerprint density at radius 3 is 2.59 bits per heavy atom. The Labute approximate surface area is 165 Å². The van der Waals surface area contributed by atoms with E-state index in [2.05, 4.69) is 54.3 Å². The highest BCUT2D eigenvalue weighted by atomic mass is 32.2. The first-order valence-electron chi connectivity index (χ1n) is 9.30. The summed E-state index contributed by atoms with van der Waals surface area (Å²) in [4.78, 5) is 17.8. The van der Waals surface area contributed by atoms with E-state index in [1.807, 2.05) is 23.1 Å². The van der Waals surface area contributed by atoms with Crippen molar-refractivity contribution in [2.75, 3.05) is 25.4 Å². The van der Waals surface area contributed by atoms with Crippen molar-refractivity contribution in [3.63, 3.8) is 0 Å². The van der Waals surface area contributed by atoms with Crippen LogP contribution in [-0.2, 0) is 11.3 Å². The van der Waals surface area contributed by atoms with Gasteiger partial charge in [-0.2, -0.15) is 5.26 Å². The van der Waals surface area contributed by atoms with Crippen molar-refractivity contribution in [1.29, 1.82) is 5.26 Å². The molecule has 140 valence electrons. The maximum Gasteiger partial charge on any atom is 0.223 e. The van der Waals surface area contributed by atoms with Gasteiger partial charge in [0.15, 0.2) is 0 Å². The number of hydrogen-bond acceptors (Lipinski definition) is 4. The number of hydrogen-bond donors (Lipinski definition) is 0. The van der Waals surface area contributed by atoms with E-state index >= 15 is 0 Å². The molecule has 0 N–H and O–H groups in total. The summed E-state index contributed by atoms with van der Waals surface area (Å²) in [6.45, 7) is 4.76. The summed E-state index contributed by atoms with van der Waals surface area (Å²) in [5.41, 5.74) is 2.44. The minimum absolute atomic E-state index is 0.147. The van der Waals surface area contributed by atoms with Gasteiger partial charge >= 0.3 is 0 Å². The predicted octanol–water partition coefficient (Wildman–Crippen LogP) is 3.71. The molecule has 1 fully saturated rings. The van der Waals surface area contributed by atoms with E-state index in [-0.39, 0.29) is 11.9 Å². The highest BCUT2D eigenvalue weighted by Gasteiger charge is 2.29. The normalized spacial score (nSPS) is 17.5. The van der Waals surface area contributed by atoms with Crippen LogP contribution in [0.15, 0.2) is 59.5 Å². The fourth-order valence-corrected chi connectivity index (χ4v) is 4.07. The van der Waals surface area contributed by atoms with Crippen LogP contribution < -0.4 is 0 Å². The van der Waals surface area contributed by atoms with Crippen LogP contribution in [0.5, 0.6) is 0 Å². The molecule has 0 bridgehead atoms. The molecule has 5 heteroatoms. The number of carbonyl (C=O) groups excluding carboxylic acids is 1. The van der Waals surface area contributed by atoms with Crippen LogP contribution in [0, 0.1) is 18.3 Å². The lowest BCUT2D eigenvalue weighted by Crippen LogP contribution is -2.53. The molecule has 0 aliphatic carbocycles. The Kier molecular flexibility index (Phi) is 6.92. The average molecular weight is 380 g/mol. The van der Waals surface area contributed by atoms with Crippen molar-refractivity contribution in [1.82, 2.24) is 9.80 Å². The van der Waals surface area contributed by atoms with Crippen LogP contribution in [-0.4, -0.2) is 47.1 Å². The Morgan fingerprint density at radius 2 is 1.89 bits per heavy atom. The molecule has 0 spiro atoms. The van der Waals surface area contributed by atoms with Crippen molar-refractivity contribution in [3.8, 4) is 6.07 Å². The summed E-state index contributed by atoms with van der Waals surface area (Å²) in [6, 6.07) is 20.7. The predicted molar refractivity (Wildman–Crippen MR) is 109 cm³/mol.